The highest BCUT2D eigenvalue weighted by Crippen LogP contribution is 2.28. The third-order valence-electron chi connectivity index (χ3n) is 4.53. The van der Waals surface area contributed by atoms with Crippen LogP contribution in [0.3, 0.4) is 0 Å². The average molecular weight is 341 g/mol. The van der Waals surface area contributed by atoms with Crippen molar-refractivity contribution in [2.24, 2.45) is 5.92 Å². The van der Waals surface area contributed by atoms with Crippen LogP contribution >= 0.6 is 0 Å². The first kappa shape index (κ1) is 17.0. The second-order valence-corrected chi connectivity index (χ2v) is 6.08. The minimum atomic E-state index is -0.507. The van der Waals surface area contributed by atoms with Crippen LogP contribution in [0.2, 0.25) is 0 Å². The van der Waals surface area contributed by atoms with Crippen molar-refractivity contribution in [3.63, 3.8) is 0 Å². The molecule has 3 rings (SSSR count). The van der Waals surface area contributed by atoms with E-state index < -0.39 is 5.82 Å². The summed E-state index contributed by atoms with van der Waals surface area (Å²) in [4.78, 5) is 14.4. The molecule has 0 saturated carbocycles. The molecule has 0 unspecified atom stereocenters. The van der Waals surface area contributed by atoms with Crippen LogP contribution in [0.15, 0.2) is 30.6 Å². The number of hydrogen-bond acceptors (Lipinski definition) is 4. The monoisotopic (exact) mass is 341 g/mol. The maximum absolute atomic E-state index is 13.8. The maximum atomic E-state index is 13.8. The van der Waals surface area contributed by atoms with E-state index in [2.05, 4.69) is 10.4 Å². The number of carbonyl (C=O) groups is 1. The smallest absolute Gasteiger partial charge is 0.227 e. The van der Waals surface area contributed by atoms with E-state index >= 15 is 0 Å². The van der Waals surface area contributed by atoms with Crippen molar-refractivity contribution in [3.8, 4) is 6.07 Å². The Morgan fingerprint density at radius 2 is 2.20 bits per heavy atom. The van der Waals surface area contributed by atoms with Crippen LogP contribution in [0.1, 0.15) is 25.3 Å². The van der Waals surface area contributed by atoms with Crippen molar-refractivity contribution in [3.05, 3.63) is 42.0 Å². The summed E-state index contributed by atoms with van der Waals surface area (Å²) in [5.41, 5.74) is 1.37. The van der Waals surface area contributed by atoms with Gasteiger partial charge in [-0.2, -0.15) is 10.4 Å². The minimum absolute atomic E-state index is 0.0185. The summed E-state index contributed by atoms with van der Waals surface area (Å²) >= 11 is 0. The Labute approximate surface area is 145 Å². The summed E-state index contributed by atoms with van der Waals surface area (Å²) in [7, 11) is 0. The van der Waals surface area contributed by atoms with E-state index in [0.29, 0.717) is 37.3 Å². The highest BCUT2D eigenvalue weighted by molar-refractivity contribution is 5.92. The number of nitrogens with one attached hydrogen (secondary N) is 1. The first-order valence-electron chi connectivity index (χ1n) is 8.39. The molecule has 0 aliphatic carbocycles. The number of nitriles is 1. The topological polar surface area (TPSA) is 74.0 Å². The number of amides is 1. The molecule has 2 heterocycles. The van der Waals surface area contributed by atoms with Crippen molar-refractivity contribution in [1.29, 1.82) is 5.26 Å². The number of anilines is 2. The molecule has 0 atom stereocenters. The lowest BCUT2D eigenvalue weighted by Crippen LogP contribution is -2.38. The normalized spacial score (nSPS) is 15.0. The van der Waals surface area contributed by atoms with Crippen molar-refractivity contribution < 1.29 is 9.18 Å². The fraction of sp³-hybridized carbons (Fsp3) is 0.389. The Hall–Kier alpha value is -2.88. The number of piperidine rings is 1. The van der Waals surface area contributed by atoms with Crippen molar-refractivity contribution in [2.45, 2.75) is 26.3 Å². The molecule has 1 N–H and O–H groups in total. The van der Waals surface area contributed by atoms with E-state index in [1.807, 2.05) is 17.9 Å². The lowest BCUT2D eigenvalue weighted by molar-refractivity contribution is -0.120. The van der Waals surface area contributed by atoms with Gasteiger partial charge in [0.15, 0.2) is 0 Å². The molecule has 1 aliphatic rings. The molecule has 1 aromatic carbocycles. The molecule has 6 nitrogen and oxygen atoms in total. The van der Waals surface area contributed by atoms with Gasteiger partial charge in [0, 0.05) is 31.7 Å². The summed E-state index contributed by atoms with van der Waals surface area (Å²) in [6, 6.07) is 6.58. The van der Waals surface area contributed by atoms with Gasteiger partial charge in [0.1, 0.15) is 17.4 Å². The highest BCUT2D eigenvalue weighted by Gasteiger charge is 2.27. The second kappa shape index (κ2) is 7.34. The molecule has 25 heavy (non-hydrogen) atoms. The SMILES string of the molecule is CCn1cc(NC(=O)C2CCN(c3cccc(F)c3C#N)CC2)cn1. The van der Waals surface area contributed by atoms with E-state index in [1.54, 1.807) is 29.2 Å². The Morgan fingerprint density at radius 1 is 1.44 bits per heavy atom. The van der Waals surface area contributed by atoms with Gasteiger partial charge in [0.25, 0.3) is 0 Å². The van der Waals surface area contributed by atoms with Gasteiger partial charge in [0.2, 0.25) is 5.91 Å². The summed E-state index contributed by atoms with van der Waals surface area (Å²) in [5, 5.41) is 16.2. The average Bonchev–Trinajstić information content (AvgIpc) is 3.09. The molecule has 2 aromatic rings. The number of benzene rings is 1. The molecular weight excluding hydrogens is 321 g/mol. The Kier molecular flexibility index (Phi) is 4.98. The quantitative estimate of drug-likeness (QED) is 0.928. The summed E-state index contributed by atoms with van der Waals surface area (Å²) in [6.07, 6.45) is 4.77. The Balaban J connectivity index is 1.61. The lowest BCUT2D eigenvalue weighted by Gasteiger charge is -2.33. The number of halogens is 1. The first-order chi connectivity index (χ1) is 12.1. The molecule has 1 amide bonds. The molecule has 1 fully saturated rings. The van der Waals surface area contributed by atoms with Gasteiger partial charge in [-0.15, -0.1) is 0 Å². The molecule has 1 aromatic heterocycles. The van der Waals surface area contributed by atoms with Crippen LogP contribution < -0.4 is 10.2 Å². The lowest BCUT2D eigenvalue weighted by atomic mass is 9.95. The van der Waals surface area contributed by atoms with E-state index in [0.717, 1.165) is 6.54 Å². The first-order valence-corrected chi connectivity index (χ1v) is 8.39. The predicted molar refractivity (Wildman–Crippen MR) is 92.6 cm³/mol. The van der Waals surface area contributed by atoms with Crippen molar-refractivity contribution in [2.75, 3.05) is 23.3 Å². The van der Waals surface area contributed by atoms with Gasteiger partial charge in [-0.3, -0.25) is 9.48 Å². The van der Waals surface area contributed by atoms with Crippen LogP contribution in [0, 0.1) is 23.1 Å². The zero-order valence-corrected chi connectivity index (χ0v) is 14.1. The second-order valence-electron chi connectivity index (χ2n) is 6.08. The minimum Gasteiger partial charge on any atom is -0.370 e. The number of aryl methyl sites for hydroxylation is 1. The highest BCUT2D eigenvalue weighted by atomic mass is 19.1. The summed E-state index contributed by atoms with van der Waals surface area (Å²) in [5.74, 6) is -0.622. The van der Waals surface area contributed by atoms with E-state index in [4.69, 9.17) is 5.26 Å². The van der Waals surface area contributed by atoms with Crippen molar-refractivity contribution >= 4 is 17.3 Å². The molecule has 1 saturated heterocycles. The van der Waals surface area contributed by atoms with Gasteiger partial charge in [-0.25, -0.2) is 4.39 Å². The molecule has 0 radical (unpaired) electrons. The van der Waals surface area contributed by atoms with Crippen LogP contribution in [-0.4, -0.2) is 28.8 Å². The van der Waals surface area contributed by atoms with E-state index in [9.17, 15) is 9.18 Å². The number of carbonyl (C=O) groups excluding carboxylic acids is 1. The fourth-order valence-electron chi connectivity index (χ4n) is 3.11. The molecule has 1 aliphatic heterocycles. The fourth-order valence-corrected chi connectivity index (χ4v) is 3.11. The number of aromatic nitrogens is 2. The van der Waals surface area contributed by atoms with Gasteiger partial charge < -0.3 is 10.2 Å². The van der Waals surface area contributed by atoms with Crippen LogP contribution in [0.25, 0.3) is 0 Å². The number of nitrogens with zero attached hydrogens (tertiary/aromatic N) is 4. The van der Waals surface area contributed by atoms with E-state index in [-0.39, 0.29) is 17.4 Å². The molecule has 130 valence electrons. The van der Waals surface area contributed by atoms with Gasteiger partial charge in [0.05, 0.1) is 17.6 Å². The number of hydrogen-bond donors (Lipinski definition) is 1. The van der Waals surface area contributed by atoms with Crippen LogP contribution in [0.5, 0.6) is 0 Å². The number of rotatable bonds is 4. The van der Waals surface area contributed by atoms with Crippen LogP contribution in [-0.2, 0) is 11.3 Å². The molecule has 0 bridgehead atoms. The third-order valence-corrected chi connectivity index (χ3v) is 4.53. The largest absolute Gasteiger partial charge is 0.370 e. The van der Waals surface area contributed by atoms with E-state index in [1.165, 1.54) is 6.07 Å². The summed E-state index contributed by atoms with van der Waals surface area (Å²) < 4.78 is 15.5. The zero-order valence-electron chi connectivity index (χ0n) is 14.1. The zero-order chi connectivity index (χ0) is 17.8. The van der Waals surface area contributed by atoms with Gasteiger partial charge in [-0.1, -0.05) is 6.07 Å². The molecular formula is C18H20FN5O. The van der Waals surface area contributed by atoms with Gasteiger partial charge >= 0.3 is 0 Å². The van der Waals surface area contributed by atoms with Crippen LogP contribution in [0.4, 0.5) is 15.8 Å². The predicted octanol–water partition coefficient (Wildman–Crippen LogP) is 2.77. The van der Waals surface area contributed by atoms with Gasteiger partial charge in [-0.05, 0) is 31.9 Å². The molecule has 7 heteroatoms. The Bertz CT molecular complexity index is 802. The third kappa shape index (κ3) is 3.63. The standard InChI is InChI=1S/C18H20FN5O/c1-2-24-12-14(11-21-24)22-18(25)13-6-8-23(9-7-13)17-5-3-4-16(19)15(17)10-20/h3-5,11-13H,2,6-9H2,1H3,(H,22,25). The molecule has 0 spiro atoms. The summed E-state index contributed by atoms with van der Waals surface area (Å²) in [6.45, 7) is 3.97. The Morgan fingerprint density at radius 3 is 2.84 bits per heavy atom. The maximum Gasteiger partial charge on any atom is 0.227 e. The van der Waals surface area contributed by atoms with Crippen molar-refractivity contribution in [1.82, 2.24) is 9.78 Å².